The number of hydrogen-bond donors (Lipinski definition) is 2. The molecule has 0 saturated heterocycles. The van der Waals surface area contributed by atoms with E-state index in [1.165, 1.54) is 6.26 Å². The molecule has 2 N–H and O–H groups in total. The molecule has 0 aliphatic carbocycles. The Kier molecular flexibility index (Phi) is 4.60. The van der Waals surface area contributed by atoms with Crippen molar-refractivity contribution < 1.29 is 9.21 Å². The second-order valence-electron chi connectivity index (χ2n) is 5.68. The van der Waals surface area contributed by atoms with Crippen molar-refractivity contribution in [2.45, 2.75) is 6.54 Å². The van der Waals surface area contributed by atoms with Crippen LogP contribution < -0.4 is 10.6 Å². The van der Waals surface area contributed by atoms with E-state index >= 15 is 0 Å². The Morgan fingerprint density at radius 1 is 1.11 bits per heavy atom. The summed E-state index contributed by atoms with van der Waals surface area (Å²) in [4.78, 5) is 20.6. The molecule has 3 aromatic heterocycles. The van der Waals surface area contributed by atoms with Crippen LogP contribution in [-0.2, 0) is 6.54 Å². The van der Waals surface area contributed by atoms with Gasteiger partial charge in [0.15, 0.2) is 5.82 Å². The first-order valence-corrected chi connectivity index (χ1v) is 8.29. The minimum atomic E-state index is -0.361. The molecule has 0 unspecified atom stereocenters. The number of rotatable bonds is 5. The highest BCUT2D eigenvalue weighted by molar-refractivity contribution is 5.88. The van der Waals surface area contributed by atoms with E-state index in [4.69, 9.17) is 4.42 Å². The summed E-state index contributed by atoms with van der Waals surface area (Å²) in [6.07, 6.45) is 6.45. The van der Waals surface area contributed by atoms with Crippen LogP contribution in [0.15, 0.2) is 77.8 Å². The molecule has 0 aliphatic heterocycles. The molecular weight excluding hydrogens is 344 g/mol. The van der Waals surface area contributed by atoms with Crippen LogP contribution in [0.1, 0.15) is 5.69 Å². The summed E-state index contributed by atoms with van der Waals surface area (Å²) in [7, 11) is 0. The first kappa shape index (κ1) is 16.5. The van der Waals surface area contributed by atoms with E-state index in [2.05, 4.69) is 25.7 Å². The van der Waals surface area contributed by atoms with E-state index in [1.54, 1.807) is 23.3 Å². The first-order valence-electron chi connectivity index (χ1n) is 8.29. The third-order valence-electron chi connectivity index (χ3n) is 3.73. The van der Waals surface area contributed by atoms with Gasteiger partial charge < -0.3 is 15.1 Å². The second-order valence-corrected chi connectivity index (χ2v) is 5.68. The minimum absolute atomic E-state index is 0.247. The lowest BCUT2D eigenvalue weighted by Crippen LogP contribution is -2.28. The summed E-state index contributed by atoms with van der Waals surface area (Å²) in [5, 5.41) is 9.64. The maximum atomic E-state index is 12.1. The van der Waals surface area contributed by atoms with Gasteiger partial charge >= 0.3 is 6.03 Å². The fourth-order valence-electron chi connectivity index (χ4n) is 2.45. The molecule has 0 saturated carbocycles. The van der Waals surface area contributed by atoms with Gasteiger partial charge in [-0.25, -0.2) is 19.4 Å². The minimum Gasteiger partial charge on any atom is -0.444 e. The maximum Gasteiger partial charge on any atom is 0.319 e. The Bertz CT molecular complexity index is 1030. The number of benzene rings is 1. The summed E-state index contributed by atoms with van der Waals surface area (Å²) in [5.74, 6) is 1.19. The Balaban J connectivity index is 1.33. The second kappa shape index (κ2) is 7.52. The highest BCUT2D eigenvalue weighted by atomic mass is 16.3. The van der Waals surface area contributed by atoms with Gasteiger partial charge in [-0.1, -0.05) is 24.3 Å². The number of anilines is 1. The van der Waals surface area contributed by atoms with E-state index in [0.717, 1.165) is 5.56 Å². The topological polar surface area (TPSA) is 97.9 Å². The first-order chi connectivity index (χ1) is 13.3. The van der Waals surface area contributed by atoms with Crippen LogP contribution >= 0.6 is 0 Å². The van der Waals surface area contributed by atoms with Gasteiger partial charge in [-0.05, 0) is 24.3 Å². The molecule has 0 radical (unpaired) electrons. The zero-order valence-corrected chi connectivity index (χ0v) is 14.2. The zero-order valence-electron chi connectivity index (χ0n) is 14.2. The molecule has 0 bridgehead atoms. The fraction of sp³-hybridized carbons (Fsp3) is 0.0526. The van der Waals surface area contributed by atoms with Gasteiger partial charge in [0.05, 0.1) is 30.3 Å². The lowest BCUT2D eigenvalue weighted by atomic mass is 10.2. The fourth-order valence-corrected chi connectivity index (χ4v) is 2.45. The lowest BCUT2D eigenvalue weighted by molar-refractivity contribution is 0.251. The van der Waals surface area contributed by atoms with Crippen molar-refractivity contribution in [3.05, 3.63) is 79.1 Å². The van der Waals surface area contributed by atoms with E-state index in [9.17, 15) is 4.79 Å². The van der Waals surface area contributed by atoms with Crippen molar-refractivity contribution in [2.75, 3.05) is 5.32 Å². The van der Waals surface area contributed by atoms with Crippen molar-refractivity contribution in [1.82, 2.24) is 25.1 Å². The summed E-state index contributed by atoms with van der Waals surface area (Å²) in [6, 6.07) is 14.7. The van der Waals surface area contributed by atoms with Crippen LogP contribution in [0.25, 0.3) is 17.3 Å². The van der Waals surface area contributed by atoms with Gasteiger partial charge in [-0.15, -0.1) is 0 Å². The molecule has 1 aromatic carbocycles. The lowest BCUT2D eigenvalue weighted by Gasteiger charge is -2.03. The Morgan fingerprint density at radius 2 is 1.96 bits per heavy atom. The number of nitrogens with zero attached hydrogens (tertiary/aromatic N) is 4. The molecule has 8 heteroatoms. The smallest absolute Gasteiger partial charge is 0.319 e. The highest BCUT2D eigenvalue weighted by Gasteiger charge is 2.09. The molecule has 3 heterocycles. The number of carbonyl (C=O) groups excluding carboxylic acids is 1. The van der Waals surface area contributed by atoms with Gasteiger partial charge in [0.1, 0.15) is 6.26 Å². The van der Waals surface area contributed by atoms with Crippen LogP contribution in [0.4, 0.5) is 10.5 Å². The number of hydrogen-bond acceptors (Lipinski definition) is 5. The van der Waals surface area contributed by atoms with Gasteiger partial charge in [0.25, 0.3) is 0 Å². The average Bonchev–Trinajstić information content (AvgIpc) is 3.37. The predicted molar refractivity (Wildman–Crippen MR) is 99.2 cm³/mol. The Morgan fingerprint density at radius 3 is 2.78 bits per heavy atom. The number of nitrogens with one attached hydrogen (secondary N) is 2. The molecule has 2 amide bonds. The number of pyridine rings is 1. The molecule has 0 aliphatic rings. The average molecular weight is 360 g/mol. The van der Waals surface area contributed by atoms with Crippen molar-refractivity contribution in [3.63, 3.8) is 0 Å². The molecule has 134 valence electrons. The van der Waals surface area contributed by atoms with Gasteiger partial charge in [-0.3, -0.25) is 0 Å². The molecule has 4 aromatic rings. The molecular formula is C19H16N6O2. The number of carbonyl (C=O) groups is 1. The van der Waals surface area contributed by atoms with Gasteiger partial charge in [-0.2, -0.15) is 5.10 Å². The number of amides is 2. The van der Waals surface area contributed by atoms with Crippen LogP contribution in [0.5, 0.6) is 0 Å². The van der Waals surface area contributed by atoms with E-state index in [1.807, 2.05) is 48.5 Å². The number of urea groups is 1. The molecule has 0 atom stereocenters. The van der Waals surface area contributed by atoms with Gasteiger partial charge in [0, 0.05) is 11.8 Å². The largest absolute Gasteiger partial charge is 0.444 e. The van der Waals surface area contributed by atoms with Crippen LogP contribution in [0.3, 0.4) is 0 Å². The van der Waals surface area contributed by atoms with E-state index in [0.29, 0.717) is 23.1 Å². The molecule has 0 fully saturated rings. The summed E-state index contributed by atoms with van der Waals surface area (Å²) in [5.41, 5.74) is 2.08. The van der Waals surface area contributed by atoms with Crippen LogP contribution in [0.2, 0.25) is 0 Å². The van der Waals surface area contributed by atoms with E-state index in [-0.39, 0.29) is 12.6 Å². The Hall–Kier alpha value is -3.94. The molecule has 4 rings (SSSR count). The summed E-state index contributed by atoms with van der Waals surface area (Å²) < 4.78 is 7.03. The van der Waals surface area contributed by atoms with Crippen molar-refractivity contribution in [3.8, 4) is 17.3 Å². The van der Waals surface area contributed by atoms with Crippen molar-refractivity contribution >= 4 is 11.7 Å². The SMILES string of the molecule is O=C(NCc1coc(-c2ccccc2)n1)Nc1cnn(-c2ccccn2)c1. The van der Waals surface area contributed by atoms with E-state index < -0.39 is 0 Å². The molecule has 27 heavy (non-hydrogen) atoms. The molecule has 0 spiro atoms. The molecule has 8 nitrogen and oxygen atoms in total. The number of oxazole rings is 1. The predicted octanol–water partition coefficient (Wildman–Crippen LogP) is 3.24. The summed E-state index contributed by atoms with van der Waals surface area (Å²) in [6.45, 7) is 0.247. The number of aromatic nitrogens is 4. The normalized spacial score (nSPS) is 10.5. The van der Waals surface area contributed by atoms with Crippen LogP contribution in [-0.4, -0.2) is 25.8 Å². The Labute approximate surface area is 154 Å². The van der Waals surface area contributed by atoms with Crippen molar-refractivity contribution in [1.29, 1.82) is 0 Å². The third-order valence-corrected chi connectivity index (χ3v) is 3.73. The quantitative estimate of drug-likeness (QED) is 0.569. The summed E-state index contributed by atoms with van der Waals surface area (Å²) >= 11 is 0. The zero-order chi connectivity index (χ0) is 18.5. The van der Waals surface area contributed by atoms with Crippen molar-refractivity contribution in [2.24, 2.45) is 0 Å². The standard InChI is InChI=1S/C19H16N6O2/c26-19(24-15-11-22-25(12-15)17-8-4-5-9-20-17)21-10-16-13-27-18(23-16)14-6-2-1-3-7-14/h1-9,11-13H,10H2,(H2,21,24,26). The van der Waals surface area contributed by atoms with Crippen LogP contribution in [0, 0.1) is 0 Å². The van der Waals surface area contributed by atoms with Gasteiger partial charge in [0.2, 0.25) is 5.89 Å². The monoisotopic (exact) mass is 360 g/mol. The highest BCUT2D eigenvalue weighted by Crippen LogP contribution is 2.17. The maximum absolute atomic E-state index is 12.1. The third kappa shape index (κ3) is 4.01.